The van der Waals surface area contributed by atoms with Gasteiger partial charge in [-0.2, -0.15) is 0 Å². The van der Waals surface area contributed by atoms with Gasteiger partial charge >= 0.3 is 0 Å². The monoisotopic (exact) mass is 461 g/mol. The number of carbonyl (C=O) groups is 1. The summed E-state index contributed by atoms with van der Waals surface area (Å²) in [5.74, 6) is 1.13. The Kier molecular flexibility index (Phi) is 10.4. The van der Waals surface area contributed by atoms with Gasteiger partial charge in [-0.25, -0.2) is 4.99 Å². The second kappa shape index (κ2) is 12.0. The zero-order valence-electron chi connectivity index (χ0n) is 14.9. The first-order valence-electron chi connectivity index (χ1n) is 8.35. The number of ether oxygens (including phenoxy) is 1. The van der Waals surface area contributed by atoms with Crippen molar-refractivity contribution in [3.05, 3.63) is 30.1 Å². The summed E-state index contributed by atoms with van der Waals surface area (Å²) >= 11 is 0. The lowest BCUT2D eigenvalue weighted by atomic mass is 10.1. The minimum Gasteiger partial charge on any atom is -0.381 e. The van der Waals surface area contributed by atoms with Gasteiger partial charge < -0.3 is 20.3 Å². The molecule has 1 aliphatic heterocycles. The summed E-state index contributed by atoms with van der Waals surface area (Å²) in [4.78, 5) is 22.0. The van der Waals surface area contributed by atoms with Crippen LogP contribution in [0.5, 0.6) is 0 Å². The molecular weight excluding hydrogens is 433 g/mol. The van der Waals surface area contributed by atoms with Crippen LogP contribution in [0.25, 0.3) is 0 Å². The predicted molar refractivity (Wildman–Crippen MR) is 109 cm³/mol. The second-order valence-corrected chi connectivity index (χ2v) is 6.06. The Bertz CT molecular complexity index is 533. The van der Waals surface area contributed by atoms with Crippen LogP contribution in [-0.2, 0) is 16.0 Å². The van der Waals surface area contributed by atoms with E-state index in [1.807, 2.05) is 18.2 Å². The SMILES string of the molecule is CN(C)C(=O)CN=C(NCCc1ccccn1)NCC1CCOC1.I. The molecule has 0 aliphatic carbocycles. The van der Waals surface area contributed by atoms with E-state index in [-0.39, 0.29) is 36.4 Å². The van der Waals surface area contributed by atoms with E-state index < -0.39 is 0 Å². The Labute approximate surface area is 166 Å². The standard InChI is InChI=1S/C17H27N5O2.HI/c1-22(2)16(23)12-21-17(20-11-14-7-10-24-13-14)19-9-6-15-5-3-4-8-18-15;/h3-5,8,14H,6-7,9-13H2,1-2H3,(H2,19,20,21);1H. The topological polar surface area (TPSA) is 78.9 Å². The number of carbonyl (C=O) groups excluding carboxylic acids is 1. The summed E-state index contributed by atoms with van der Waals surface area (Å²) in [7, 11) is 3.46. The zero-order valence-corrected chi connectivity index (χ0v) is 17.2. The normalized spacial score (nSPS) is 16.9. The molecule has 2 rings (SSSR count). The molecule has 0 radical (unpaired) electrons. The van der Waals surface area contributed by atoms with E-state index in [1.165, 1.54) is 0 Å². The molecule has 1 saturated heterocycles. The molecule has 1 aromatic rings. The van der Waals surface area contributed by atoms with Crippen molar-refractivity contribution in [2.75, 3.05) is 46.9 Å². The van der Waals surface area contributed by atoms with Crippen LogP contribution in [0.2, 0.25) is 0 Å². The van der Waals surface area contributed by atoms with Crippen LogP contribution >= 0.6 is 24.0 Å². The van der Waals surface area contributed by atoms with Crippen molar-refractivity contribution >= 4 is 35.8 Å². The van der Waals surface area contributed by atoms with Crippen molar-refractivity contribution in [2.24, 2.45) is 10.9 Å². The average molecular weight is 461 g/mol. The molecule has 1 amide bonds. The highest BCUT2D eigenvalue weighted by molar-refractivity contribution is 14.0. The molecular formula is C17H28IN5O2. The fourth-order valence-electron chi connectivity index (χ4n) is 2.30. The number of amides is 1. The first-order chi connectivity index (χ1) is 11.6. The van der Waals surface area contributed by atoms with Crippen molar-refractivity contribution in [1.82, 2.24) is 20.5 Å². The lowest BCUT2D eigenvalue weighted by Crippen LogP contribution is -2.41. The maximum atomic E-state index is 11.7. The highest BCUT2D eigenvalue weighted by Crippen LogP contribution is 2.10. The average Bonchev–Trinajstić information content (AvgIpc) is 3.10. The quantitative estimate of drug-likeness (QED) is 0.359. The van der Waals surface area contributed by atoms with Gasteiger partial charge in [0.2, 0.25) is 5.91 Å². The fraction of sp³-hybridized carbons (Fsp3) is 0.588. The van der Waals surface area contributed by atoms with Crippen molar-refractivity contribution in [3.63, 3.8) is 0 Å². The van der Waals surface area contributed by atoms with E-state index in [1.54, 1.807) is 25.2 Å². The van der Waals surface area contributed by atoms with Gasteiger partial charge in [0, 0.05) is 58.0 Å². The Balaban J connectivity index is 0.00000312. The molecule has 7 nitrogen and oxygen atoms in total. The minimum absolute atomic E-state index is 0. The van der Waals surface area contributed by atoms with Crippen molar-refractivity contribution in [1.29, 1.82) is 0 Å². The van der Waals surface area contributed by atoms with E-state index in [0.29, 0.717) is 18.4 Å². The Morgan fingerprint density at radius 1 is 1.40 bits per heavy atom. The largest absolute Gasteiger partial charge is 0.381 e. The second-order valence-electron chi connectivity index (χ2n) is 6.06. The van der Waals surface area contributed by atoms with Crippen LogP contribution < -0.4 is 10.6 Å². The Hall–Kier alpha value is -1.42. The highest BCUT2D eigenvalue weighted by atomic mass is 127. The molecule has 140 valence electrons. The number of likely N-dealkylation sites (N-methyl/N-ethyl adjacent to an activating group) is 1. The number of nitrogens with zero attached hydrogens (tertiary/aromatic N) is 3. The van der Waals surface area contributed by atoms with Crippen LogP contribution in [0.4, 0.5) is 0 Å². The van der Waals surface area contributed by atoms with Crippen LogP contribution in [0.3, 0.4) is 0 Å². The molecule has 0 aromatic carbocycles. The van der Waals surface area contributed by atoms with Crippen molar-refractivity contribution in [2.45, 2.75) is 12.8 Å². The maximum absolute atomic E-state index is 11.7. The summed E-state index contributed by atoms with van der Waals surface area (Å²) < 4.78 is 5.39. The number of aromatic nitrogens is 1. The van der Waals surface area contributed by atoms with E-state index in [0.717, 1.165) is 38.3 Å². The zero-order chi connectivity index (χ0) is 17.2. The first kappa shape index (κ1) is 21.6. The van der Waals surface area contributed by atoms with Gasteiger partial charge in [-0.1, -0.05) is 6.07 Å². The molecule has 0 bridgehead atoms. The third-order valence-corrected chi connectivity index (χ3v) is 3.85. The lowest BCUT2D eigenvalue weighted by Gasteiger charge is -2.15. The molecule has 0 spiro atoms. The van der Waals surface area contributed by atoms with Gasteiger partial charge in [0.05, 0.1) is 6.61 Å². The smallest absolute Gasteiger partial charge is 0.243 e. The molecule has 1 atom stereocenters. The molecule has 25 heavy (non-hydrogen) atoms. The van der Waals surface area contributed by atoms with Gasteiger partial charge in [-0.15, -0.1) is 24.0 Å². The number of pyridine rings is 1. The minimum atomic E-state index is -0.0231. The van der Waals surface area contributed by atoms with Gasteiger partial charge in [0.1, 0.15) is 6.54 Å². The van der Waals surface area contributed by atoms with Gasteiger partial charge in [0.15, 0.2) is 5.96 Å². The summed E-state index contributed by atoms with van der Waals surface area (Å²) in [6.07, 6.45) is 3.65. The van der Waals surface area contributed by atoms with Crippen molar-refractivity contribution in [3.8, 4) is 0 Å². The highest BCUT2D eigenvalue weighted by Gasteiger charge is 2.16. The number of hydrogen-bond acceptors (Lipinski definition) is 4. The van der Waals surface area contributed by atoms with Crippen LogP contribution in [0.1, 0.15) is 12.1 Å². The Morgan fingerprint density at radius 2 is 2.24 bits per heavy atom. The molecule has 2 N–H and O–H groups in total. The number of nitrogens with one attached hydrogen (secondary N) is 2. The van der Waals surface area contributed by atoms with Gasteiger partial charge in [-0.3, -0.25) is 9.78 Å². The van der Waals surface area contributed by atoms with Crippen LogP contribution in [0, 0.1) is 5.92 Å². The molecule has 1 aliphatic rings. The molecule has 8 heteroatoms. The van der Waals surface area contributed by atoms with E-state index in [4.69, 9.17) is 4.74 Å². The number of rotatable bonds is 7. The summed E-state index contributed by atoms with van der Waals surface area (Å²) in [6.45, 7) is 3.24. The molecule has 1 fully saturated rings. The molecule has 0 saturated carbocycles. The molecule has 2 heterocycles. The number of halogens is 1. The van der Waals surface area contributed by atoms with E-state index in [9.17, 15) is 4.79 Å². The Morgan fingerprint density at radius 3 is 2.88 bits per heavy atom. The molecule has 1 aromatic heterocycles. The summed E-state index contributed by atoms with van der Waals surface area (Å²) in [6, 6.07) is 5.88. The van der Waals surface area contributed by atoms with Crippen molar-refractivity contribution < 1.29 is 9.53 Å². The van der Waals surface area contributed by atoms with Gasteiger partial charge in [-0.05, 0) is 18.6 Å². The first-order valence-corrected chi connectivity index (χ1v) is 8.35. The third kappa shape index (κ3) is 8.48. The van der Waals surface area contributed by atoms with Crippen LogP contribution in [0.15, 0.2) is 29.4 Å². The van der Waals surface area contributed by atoms with E-state index >= 15 is 0 Å². The number of hydrogen-bond donors (Lipinski definition) is 2. The van der Waals surface area contributed by atoms with Crippen LogP contribution in [-0.4, -0.2) is 68.7 Å². The predicted octanol–water partition coefficient (Wildman–Crippen LogP) is 0.902. The van der Waals surface area contributed by atoms with E-state index in [2.05, 4.69) is 20.6 Å². The summed E-state index contributed by atoms with van der Waals surface area (Å²) in [5, 5.41) is 6.58. The molecule has 1 unspecified atom stereocenters. The summed E-state index contributed by atoms with van der Waals surface area (Å²) in [5.41, 5.74) is 1.03. The number of aliphatic imine (C=N–C) groups is 1. The maximum Gasteiger partial charge on any atom is 0.243 e. The number of guanidine groups is 1. The van der Waals surface area contributed by atoms with Gasteiger partial charge in [0.25, 0.3) is 0 Å². The third-order valence-electron chi connectivity index (χ3n) is 3.85. The lowest BCUT2D eigenvalue weighted by molar-refractivity contribution is -0.127. The fourth-order valence-corrected chi connectivity index (χ4v) is 2.30.